The predicted molar refractivity (Wildman–Crippen MR) is 81.1 cm³/mol. The van der Waals surface area contributed by atoms with E-state index in [1.165, 1.54) is 5.56 Å². The molecular weight excluding hydrogens is 304 g/mol. The first kappa shape index (κ1) is 13.6. The van der Waals surface area contributed by atoms with Crippen LogP contribution in [-0.2, 0) is 6.42 Å². The molecule has 0 unspecified atom stereocenters. The van der Waals surface area contributed by atoms with Gasteiger partial charge in [0.1, 0.15) is 17.3 Å². The van der Waals surface area contributed by atoms with Crippen LogP contribution >= 0.6 is 15.9 Å². The van der Waals surface area contributed by atoms with Crippen LogP contribution < -0.4 is 10.5 Å². The van der Waals surface area contributed by atoms with E-state index in [2.05, 4.69) is 28.9 Å². The van der Waals surface area contributed by atoms with Gasteiger partial charge in [-0.1, -0.05) is 19.1 Å². The van der Waals surface area contributed by atoms with Crippen LogP contribution in [0.4, 0.5) is 0 Å². The Bertz CT molecular complexity index is 611. The smallest absolute Gasteiger partial charge is 0.141 e. The molecule has 0 radical (unpaired) electrons. The van der Waals surface area contributed by atoms with Gasteiger partial charge < -0.3 is 10.5 Å². The molecule has 3 nitrogen and oxygen atoms in total. The summed E-state index contributed by atoms with van der Waals surface area (Å²) in [6, 6.07) is 13.3. The maximum Gasteiger partial charge on any atom is 0.141 e. The van der Waals surface area contributed by atoms with Gasteiger partial charge in [0.05, 0.1) is 4.47 Å². The molecule has 0 saturated carbocycles. The Kier molecular flexibility index (Phi) is 4.22. The summed E-state index contributed by atoms with van der Waals surface area (Å²) in [7, 11) is 0. The average Bonchev–Trinajstić information content (AvgIpc) is 2.41. The standard InChI is InChI=1S/C15H15BrN2O/c1-2-10-4-3-5-12(8-10)19-14-7-6-11(15(17)18)9-13(14)16/h3-9H,2H2,1H3,(H3,17,18). The monoisotopic (exact) mass is 318 g/mol. The fourth-order valence-electron chi connectivity index (χ4n) is 1.71. The van der Waals surface area contributed by atoms with Crippen molar-refractivity contribution in [2.45, 2.75) is 13.3 Å². The van der Waals surface area contributed by atoms with Gasteiger partial charge in [-0.15, -0.1) is 0 Å². The third-order valence-electron chi connectivity index (χ3n) is 2.78. The van der Waals surface area contributed by atoms with E-state index < -0.39 is 0 Å². The fraction of sp³-hybridized carbons (Fsp3) is 0.133. The first-order chi connectivity index (χ1) is 9.10. The zero-order chi connectivity index (χ0) is 13.8. The number of amidine groups is 1. The second kappa shape index (κ2) is 5.89. The number of ether oxygens (including phenoxy) is 1. The molecule has 0 heterocycles. The highest BCUT2D eigenvalue weighted by Gasteiger charge is 2.06. The maximum absolute atomic E-state index is 7.39. The highest BCUT2D eigenvalue weighted by molar-refractivity contribution is 9.10. The number of nitrogen functional groups attached to an aromatic ring is 1. The number of benzene rings is 2. The third-order valence-corrected chi connectivity index (χ3v) is 3.40. The lowest BCUT2D eigenvalue weighted by Gasteiger charge is -2.10. The van der Waals surface area contributed by atoms with Gasteiger partial charge in [-0.3, -0.25) is 5.41 Å². The summed E-state index contributed by atoms with van der Waals surface area (Å²) in [6.07, 6.45) is 0.974. The second-order valence-electron chi connectivity index (χ2n) is 4.16. The minimum Gasteiger partial charge on any atom is -0.456 e. The molecule has 2 aromatic carbocycles. The van der Waals surface area contributed by atoms with Crippen LogP contribution in [0.2, 0.25) is 0 Å². The number of nitrogens with two attached hydrogens (primary N) is 1. The van der Waals surface area contributed by atoms with E-state index in [0.717, 1.165) is 16.6 Å². The Balaban J connectivity index is 2.25. The molecule has 2 rings (SSSR count). The summed E-state index contributed by atoms with van der Waals surface area (Å²) in [5, 5.41) is 7.39. The number of rotatable bonds is 4. The molecule has 19 heavy (non-hydrogen) atoms. The number of nitrogens with one attached hydrogen (secondary N) is 1. The largest absolute Gasteiger partial charge is 0.456 e. The van der Waals surface area contributed by atoms with Crippen molar-refractivity contribution in [3.05, 3.63) is 58.1 Å². The lowest BCUT2D eigenvalue weighted by Crippen LogP contribution is -2.10. The van der Waals surface area contributed by atoms with Crippen LogP contribution in [-0.4, -0.2) is 5.84 Å². The Morgan fingerprint density at radius 2 is 2.05 bits per heavy atom. The first-order valence-electron chi connectivity index (χ1n) is 6.01. The van der Waals surface area contributed by atoms with E-state index in [0.29, 0.717) is 11.3 Å². The quantitative estimate of drug-likeness (QED) is 0.659. The SMILES string of the molecule is CCc1cccc(Oc2ccc(C(=N)N)cc2Br)c1. The van der Waals surface area contributed by atoms with Crippen molar-refractivity contribution in [3.63, 3.8) is 0 Å². The lowest BCUT2D eigenvalue weighted by molar-refractivity contribution is 0.479. The molecule has 98 valence electrons. The van der Waals surface area contributed by atoms with Gasteiger partial charge in [-0.2, -0.15) is 0 Å². The summed E-state index contributed by atoms with van der Waals surface area (Å²) in [4.78, 5) is 0. The van der Waals surface area contributed by atoms with Crippen LogP contribution in [0.15, 0.2) is 46.9 Å². The molecule has 3 N–H and O–H groups in total. The maximum atomic E-state index is 7.39. The summed E-state index contributed by atoms with van der Waals surface area (Å²) in [5.74, 6) is 1.55. The van der Waals surface area contributed by atoms with Gasteiger partial charge in [0.2, 0.25) is 0 Å². The zero-order valence-electron chi connectivity index (χ0n) is 10.6. The van der Waals surface area contributed by atoms with Crippen LogP contribution in [0.5, 0.6) is 11.5 Å². The van der Waals surface area contributed by atoms with E-state index in [1.54, 1.807) is 18.2 Å². The van der Waals surface area contributed by atoms with Crippen LogP contribution in [0.25, 0.3) is 0 Å². The molecule has 0 aliphatic rings. The molecule has 0 atom stereocenters. The van der Waals surface area contributed by atoms with Gasteiger partial charge >= 0.3 is 0 Å². The Labute approximate surface area is 121 Å². The van der Waals surface area contributed by atoms with E-state index in [9.17, 15) is 0 Å². The van der Waals surface area contributed by atoms with Crippen molar-refractivity contribution < 1.29 is 4.74 Å². The highest BCUT2D eigenvalue weighted by Crippen LogP contribution is 2.30. The molecule has 2 aromatic rings. The van der Waals surface area contributed by atoms with Gasteiger partial charge in [0, 0.05) is 5.56 Å². The van der Waals surface area contributed by atoms with E-state index in [4.69, 9.17) is 15.9 Å². The van der Waals surface area contributed by atoms with E-state index >= 15 is 0 Å². The summed E-state index contributed by atoms with van der Waals surface area (Å²) in [6.45, 7) is 2.11. The number of hydrogen-bond acceptors (Lipinski definition) is 2. The van der Waals surface area contributed by atoms with Crippen molar-refractivity contribution in [2.75, 3.05) is 0 Å². The number of hydrogen-bond donors (Lipinski definition) is 2. The molecule has 4 heteroatoms. The minimum atomic E-state index is 0.0419. The molecule has 0 fully saturated rings. The van der Waals surface area contributed by atoms with E-state index in [1.807, 2.05) is 18.2 Å². The van der Waals surface area contributed by atoms with Gasteiger partial charge in [0.15, 0.2) is 0 Å². The highest BCUT2D eigenvalue weighted by atomic mass is 79.9. The van der Waals surface area contributed by atoms with E-state index in [-0.39, 0.29) is 5.84 Å². The Hall–Kier alpha value is -1.81. The lowest BCUT2D eigenvalue weighted by atomic mass is 10.1. The normalized spacial score (nSPS) is 10.2. The van der Waals surface area contributed by atoms with Crippen LogP contribution in [0.1, 0.15) is 18.1 Å². The Morgan fingerprint density at radius 3 is 2.68 bits per heavy atom. The molecule has 0 aliphatic heterocycles. The van der Waals surface area contributed by atoms with Crippen molar-refractivity contribution in [1.82, 2.24) is 0 Å². The van der Waals surface area contributed by atoms with Gasteiger partial charge in [-0.25, -0.2) is 0 Å². The summed E-state index contributed by atoms with van der Waals surface area (Å²) >= 11 is 3.43. The topological polar surface area (TPSA) is 59.1 Å². The average molecular weight is 319 g/mol. The van der Waals surface area contributed by atoms with Crippen LogP contribution in [0.3, 0.4) is 0 Å². The second-order valence-corrected chi connectivity index (χ2v) is 5.02. The molecule has 0 bridgehead atoms. The van der Waals surface area contributed by atoms with Crippen molar-refractivity contribution in [1.29, 1.82) is 5.41 Å². The van der Waals surface area contributed by atoms with Gasteiger partial charge in [0.25, 0.3) is 0 Å². The fourth-order valence-corrected chi connectivity index (χ4v) is 2.17. The molecule has 0 spiro atoms. The van der Waals surface area contributed by atoms with Crippen LogP contribution in [0, 0.1) is 5.41 Å². The van der Waals surface area contributed by atoms with Gasteiger partial charge in [-0.05, 0) is 58.2 Å². The van der Waals surface area contributed by atoms with Crippen molar-refractivity contribution >= 4 is 21.8 Å². The van der Waals surface area contributed by atoms with Crippen molar-refractivity contribution in [2.24, 2.45) is 5.73 Å². The third kappa shape index (κ3) is 3.35. The molecule has 0 aliphatic carbocycles. The number of aryl methyl sites for hydroxylation is 1. The summed E-state index contributed by atoms with van der Waals surface area (Å²) < 4.78 is 6.61. The predicted octanol–water partition coefficient (Wildman–Crippen LogP) is 4.09. The Morgan fingerprint density at radius 1 is 1.26 bits per heavy atom. The first-order valence-corrected chi connectivity index (χ1v) is 6.80. The number of halogens is 1. The molecule has 0 amide bonds. The van der Waals surface area contributed by atoms with Crippen molar-refractivity contribution in [3.8, 4) is 11.5 Å². The minimum absolute atomic E-state index is 0.0419. The molecule has 0 aromatic heterocycles. The molecular formula is C15H15BrN2O. The zero-order valence-corrected chi connectivity index (χ0v) is 12.2. The summed E-state index contributed by atoms with van der Waals surface area (Å²) in [5.41, 5.74) is 7.34. The molecule has 0 saturated heterocycles.